The van der Waals surface area contributed by atoms with Crippen LogP contribution in [0.1, 0.15) is 52.7 Å². The molecule has 0 aliphatic carbocycles. The number of benzene rings is 3. The average molecular weight is 564 g/mol. The molecule has 0 unspecified atom stereocenters. The summed E-state index contributed by atoms with van der Waals surface area (Å²) in [4.78, 5) is 37.7. The van der Waals surface area contributed by atoms with Crippen LogP contribution in [0.25, 0.3) is 60.9 Å². The van der Waals surface area contributed by atoms with E-state index < -0.39 is 0 Å². The fourth-order valence-corrected chi connectivity index (χ4v) is 5.95. The maximum Gasteiger partial charge on any atom is 0.198 e. The highest BCUT2D eigenvalue weighted by atomic mass is 16.1. The minimum absolute atomic E-state index is 0.0365. The second-order valence-corrected chi connectivity index (χ2v) is 13.5. The van der Waals surface area contributed by atoms with E-state index in [1.165, 1.54) is 11.1 Å². The summed E-state index contributed by atoms with van der Waals surface area (Å²) in [6.07, 6.45) is 0. The van der Waals surface area contributed by atoms with E-state index in [9.17, 15) is 9.59 Å². The predicted molar refractivity (Wildman–Crippen MR) is 178 cm³/mol. The second-order valence-electron chi connectivity index (χ2n) is 13.5. The fraction of sp³-hybridized carbons (Fsp3) is 0.211. The van der Waals surface area contributed by atoms with E-state index >= 15 is 0 Å². The van der Waals surface area contributed by atoms with Crippen molar-refractivity contribution in [3.63, 3.8) is 0 Å². The third-order valence-corrected chi connectivity index (χ3v) is 8.51. The SMILES string of the molecule is CC(C)(C)c1ccc(-c2ccc3c(=O)c4cccc5c(=O)c6ccc(-c7ccc(C(C)(C)C)cc7)nc6n(c3n2)c45)cc1. The second kappa shape index (κ2) is 9.30. The van der Waals surface area contributed by atoms with Crippen molar-refractivity contribution in [2.75, 3.05) is 0 Å². The smallest absolute Gasteiger partial charge is 0.198 e. The molecule has 43 heavy (non-hydrogen) atoms. The van der Waals surface area contributed by atoms with Crippen molar-refractivity contribution < 1.29 is 0 Å². The van der Waals surface area contributed by atoms with Crippen LogP contribution in [0, 0.1) is 0 Å². The summed E-state index contributed by atoms with van der Waals surface area (Å²) in [5, 5.41) is 1.94. The molecule has 0 amide bonds. The Kier molecular flexibility index (Phi) is 5.83. The van der Waals surface area contributed by atoms with Crippen LogP contribution in [0.4, 0.5) is 0 Å². The summed E-state index contributed by atoms with van der Waals surface area (Å²) in [5.74, 6) is 0. The molecule has 5 heteroatoms. The molecule has 0 aliphatic rings. The highest BCUT2D eigenvalue weighted by molar-refractivity contribution is 6.06. The normalized spacial score (nSPS) is 12.6. The summed E-state index contributed by atoms with van der Waals surface area (Å²) in [5.41, 5.74) is 7.20. The first-order valence-electron chi connectivity index (χ1n) is 14.7. The number of pyridine rings is 4. The fourth-order valence-electron chi connectivity index (χ4n) is 5.95. The van der Waals surface area contributed by atoms with Gasteiger partial charge in [0.2, 0.25) is 0 Å². The Morgan fingerprint density at radius 3 is 1.26 bits per heavy atom. The van der Waals surface area contributed by atoms with Crippen LogP contribution in [-0.4, -0.2) is 14.4 Å². The molecule has 0 fully saturated rings. The van der Waals surface area contributed by atoms with Gasteiger partial charge in [0.15, 0.2) is 22.2 Å². The molecule has 0 bridgehead atoms. The number of nitrogens with zero attached hydrogens (tertiary/aromatic N) is 3. The lowest BCUT2D eigenvalue weighted by Crippen LogP contribution is -2.15. The Bertz CT molecular complexity index is 2160. The molecular weight excluding hydrogens is 530 g/mol. The first kappa shape index (κ1) is 27.0. The summed E-state index contributed by atoms with van der Waals surface area (Å²) >= 11 is 0. The van der Waals surface area contributed by atoms with Crippen molar-refractivity contribution in [3.05, 3.63) is 123 Å². The highest BCUT2D eigenvalue weighted by Gasteiger charge is 2.20. The molecule has 0 spiro atoms. The largest absolute Gasteiger partial charge is 0.288 e. The van der Waals surface area contributed by atoms with E-state index in [0.29, 0.717) is 38.4 Å². The standard InChI is InChI=1S/C38H33N3O2/c1-37(2,3)24-14-10-22(11-15-24)30-20-18-28-33(42)26-8-7-9-27-32(26)41(35(28)39-30)36-29(34(27)43)19-21-31(40-36)23-12-16-25(17-13-23)38(4,5)6/h7-21H,1-6H3. The summed E-state index contributed by atoms with van der Waals surface area (Å²) in [6.45, 7) is 13.1. The van der Waals surface area contributed by atoms with Crippen LogP contribution in [0.3, 0.4) is 0 Å². The summed E-state index contributed by atoms with van der Waals surface area (Å²) < 4.78 is 1.91. The van der Waals surface area contributed by atoms with Crippen LogP contribution in [-0.2, 0) is 10.8 Å². The number of hydrogen-bond donors (Lipinski definition) is 0. The maximum atomic E-state index is 13.8. The lowest BCUT2D eigenvalue weighted by molar-refractivity contribution is 0.590. The van der Waals surface area contributed by atoms with Gasteiger partial charge in [-0.15, -0.1) is 0 Å². The molecule has 3 aromatic carbocycles. The van der Waals surface area contributed by atoms with Crippen molar-refractivity contribution in [1.82, 2.24) is 14.4 Å². The van der Waals surface area contributed by atoms with Gasteiger partial charge in [-0.05, 0) is 58.4 Å². The van der Waals surface area contributed by atoms with Crippen LogP contribution < -0.4 is 10.9 Å². The minimum atomic E-state index is -0.143. The molecule has 0 saturated carbocycles. The minimum Gasteiger partial charge on any atom is -0.288 e. The third-order valence-electron chi connectivity index (χ3n) is 8.51. The Morgan fingerprint density at radius 2 is 0.884 bits per heavy atom. The molecule has 5 nitrogen and oxygen atoms in total. The van der Waals surface area contributed by atoms with Gasteiger partial charge in [0, 0.05) is 21.9 Å². The summed E-state index contributed by atoms with van der Waals surface area (Å²) in [6, 6.07) is 29.6. The van der Waals surface area contributed by atoms with Crippen molar-refractivity contribution in [3.8, 4) is 22.5 Å². The van der Waals surface area contributed by atoms with E-state index in [1.807, 2.05) is 28.7 Å². The van der Waals surface area contributed by atoms with Crippen LogP contribution >= 0.6 is 0 Å². The first-order valence-corrected chi connectivity index (χ1v) is 14.7. The molecule has 0 aliphatic heterocycles. The van der Waals surface area contributed by atoms with Gasteiger partial charge in [0.05, 0.1) is 27.7 Å². The zero-order chi connectivity index (χ0) is 30.3. The maximum absolute atomic E-state index is 13.8. The molecule has 4 heterocycles. The molecule has 0 atom stereocenters. The first-order chi connectivity index (χ1) is 20.4. The quantitative estimate of drug-likeness (QED) is 0.157. The number of para-hydroxylation sites is 1. The topological polar surface area (TPSA) is 64.3 Å². The van der Waals surface area contributed by atoms with E-state index in [1.54, 1.807) is 18.2 Å². The zero-order valence-electron chi connectivity index (χ0n) is 25.3. The number of hydrogen-bond acceptors (Lipinski definition) is 4. The molecule has 0 radical (unpaired) electrons. The van der Waals surface area contributed by atoms with Crippen LogP contribution in [0.5, 0.6) is 0 Å². The molecule has 4 aromatic heterocycles. The zero-order valence-corrected chi connectivity index (χ0v) is 25.3. The Hall–Kier alpha value is -4.90. The van der Waals surface area contributed by atoms with Crippen molar-refractivity contribution in [2.45, 2.75) is 52.4 Å². The van der Waals surface area contributed by atoms with Crippen LogP contribution in [0.15, 0.2) is 101 Å². The van der Waals surface area contributed by atoms with Crippen LogP contribution in [0.2, 0.25) is 0 Å². The molecule has 7 rings (SSSR count). The van der Waals surface area contributed by atoms with Crippen molar-refractivity contribution in [2.24, 2.45) is 0 Å². The van der Waals surface area contributed by atoms with Gasteiger partial charge in [0.1, 0.15) is 0 Å². The van der Waals surface area contributed by atoms with Gasteiger partial charge in [0.25, 0.3) is 0 Å². The lowest BCUT2D eigenvalue weighted by atomic mass is 9.86. The van der Waals surface area contributed by atoms with Gasteiger partial charge in [-0.1, -0.05) is 96.1 Å². The monoisotopic (exact) mass is 563 g/mol. The van der Waals surface area contributed by atoms with Crippen molar-refractivity contribution in [1.29, 1.82) is 0 Å². The van der Waals surface area contributed by atoms with Gasteiger partial charge in [-0.25, -0.2) is 9.97 Å². The van der Waals surface area contributed by atoms with Gasteiger partial charge < -0.3 is 0 Å². The Balaban J connectivity index is 1.55. The predicted octanol–water partition coefficient (Wildman–Crippen LogP) is 8.28. The van der Waals surface area contributed by atoms with E-state index in [0.717, 1.165) is 22.5 Å². The molecule has 0 N–H and O–H groups in total. The van der Waals surface area contributed by atoms with Crippen molar-refractivity contribution >= 4 is 38.4 Å². The highest BCUT2D eigenvalue weighted by Crippen LogP contribution is 2.31. The Morgan fingerprint density at radius 1 is 0.488 bits per heavy atom. The third kappa shape index (κ3) is 4.30. The summed E-state index contributed by atoms with van der Waals surface area (Å²) in [7, 11) is 0. The van der Waals surface area contributed by atoms with Gasteiger partial charge in [-0.3, -0.25) is 14.0 Å². The number of rotatable bonds is 2. The molecule has 7 aromatic rings. The number of aromatic nitrogens is 3. The van der Waals surface area contributed by atoms with E-state index in [-0.39, 0.29) is 21.7 Å². The molecular formula is C38H33N3O2. The molecule has 0 saturated heterocycles. The van der Waals surface area contributed by atoms with E-state index in [2.05, 4.69) is 90.1 Å². The lowest BCUT2D eigenvalue weighted by Gasteiger charge is -2.19. The van der Waals surface area contributed by atoms with Gasteiger partial charge in [-0.2, -0.15) is 0 Å². The van der Waals surface area contributed by atoms with E-state index in [4.69, 9.17) is 9.97 Å². The average Bonchev–Trinajstić information content (AvgIpc) is 2.99. The Labute approximate surface area is 249 Å². The molecule has 212 valence electrons. The number of fused-ring (bicyclic) bond motifs is 4. The van der Waals surface area contributed by atoms with Gasteiger partial charge >= 0.3 is 0 Å².